The third kappa shape index (κ3) is 6.67. The minimum Gasteiger partial charge on any atom is -0.496 e. The summed E-state index contributed by atoms with van der Waals surface area (Å²) < 4.78 is 47.4. The number of carbonyl (C=O) groups is 1. The van der Waals surface area contributed by atoms with Crippen molar-refractivity contribution in [1.82, 2.24) is 5.32 Å². The van der Waals surface area contributed by atoms with Gasteiger partial charge in [0.15, 0.2) is 0 Å². The Balaban J connectivity index is 2.70. The molecule has 172 valence electrons. The van der Waals surface area contributed by atoms with Crippen molar-refractivity contribution < 1.29 is 22.7 Å². The maximum absolute atomic E-state index is 14.1. The second-order valence-corrected chi connectivity index (χ2v) is 8.37. The van der Waals surface area contributed by atoms with Gasteiger partial charge in [-0.15, -0.1) is 11.6 Å². The van der Waals surface area contributed by atoms with Crippen LogP contribution in [0.4, 0.5) is 13.2 Å². The number of benzene rings is 1. The van der Waals surface area contributed by atoms with Crippen LogP contribution < -0.4 is 5.32 Å². The van der Waals surface area contributed by atoms with Crippen molar-refractivity contribution in [2.75, 3.05) is 13.4 Å². The molecule has 0 fully saturated rings. The number of alkyl halides is 4. The van der Waals surface area contributed by atoms with Crippen LogP contribution in [-0.4, -0.2) is 36.2 Å². The summed E-state index contributed by atoms with van der Waals surface area (Å²) in [6, 6.07) is 6.69. The molecule has 0 radical (unpaired) electrons. The van der Waals surface area contributed by atoms with E-state index in [4.69, 9.17) is 33.3 Å². The van der Waals surface area contributed by atoms with E-state index in [1.54, 1.807) is 36.4 Å². The highest BCUT2D eigenvalue weighted by Crippen LogP contribution is 2.33. The van der Waals surface area contributed by atoms with Crippen molar-refractivity contribution >= 4 is 46.3 Å². The number of ether oxygens (including phenoxy) is 1. The second kappa shape index (κ2) is 11.6. The van der Waals surface area contributed by atoms with E-state index in [-0.39, 0.29) is 29.9 Å². The SMILES string of the molecule is COC(=C(\Cc1ccccc1Cl)C(=O)SC)/C(C=N)=C(/NC1=CC=CC(Cl)C1)C(F)(F)F. The summed E-state index contributed by atoms with van der Waals surface area (Å²) in [7, 11) is 1.16. The van der Waals surface area contributed by atoms with Crippen molar-refractivity contribution in [3.63, 3.8) is 0 Å². The molecule has 0 saturated heterocycles. The predicted molar refractivity (Wildman–Crippen MR) is 124 cm³/mol. The van der Waals surface area contributed by atoms with Crippen LogP contribution >= 0.6 is 35.0 Å². The van der Waals surface area contributed by atoms with E-state index in [2.05, 4.69) is 5.32 Å². The molecule has 2 N–H and O–H groups in total. The van der Waals surface area contributed by atoms with Crippen molar-refractivity contribution in [2.45, 2.75) is 24.4 Å². The fraction of sp³-hybridized carbons (Fsp3) is 0.273. The van der Waals surface area contributed by atoms with Crippen molar-refractivity contribution in [2.24, 2.45) is 0 Å². The van der Waals surface area contributed by atoms with Gasteiger partial charge in [-0.2, -0.15) is 13.2 Å². The fourth-order valence-electron chi connectivity index (χ4n) is 3.03. The number of thioether (sulfide) groups is 1. The number of halogens is 5. The van der Waals surface area contributed by atoms with Gasteiger partial charge in [0.25, 0.3) is 0 Å². The summed E-state index contributed by atoms with van der Waals surface area (Å²) in [5, 5.41) is 9.48. The number of hydrogen-bond donors (Lipinski definition) is 2. The molecule has 0 spiro atoms. The largest absolute Gasteiger partial charge is 0.496 e. The lowest BCUT2D eigenvalue weighted by Gasteiger charge is -2.23. The highest BCUT2D eigenvalue weighted by atomic mass is 35.5. The first-order chi connectivity index (χ1) is 15.1. The van der Waals surface area contributed by atoms with Gasteiger partial charge in [-0.3, -0.25) is 4.79 Å². The van der Waals surface area contributed by atoms with Gasteiger partial charge in [0, 0.05) is 29.8 Å². The molecule has 1 aliphatic carbocycles. The Morgan fingerprint density at radius 2 is 2.06 bits per heavy atom. The van der Waals surface area contributed by atoms with E-state index >= 15 is 0 Å². The maximum atomic E-state index is 14.1. The van der Waals surface area contributed by atoms with E-state index < -0.39 is 27.9 Å². The predicted octanol–water partition coefficient (Wildman–Crippen LogP) is 6.18. The minimum atomic E-state index is -4.86. The standard InChI is InChI=1S/C22H21Cl2F3N2O2S/c1-31-19(16(21(30)32-2)10-13-6-3-4-9-18(13)24)17(12-28)20(22(25,26)27)29-15-8-5-7-14(23)11-15/h3-9,12,14,28-29H,10-11H2,1-2H3/b19-16+,20-17+,28-12?. The second-order valence-electron chi connectivity index (χ2n) is 6.62. The van der Waals surface area contributed by atoms with Crippen LogP contribution in [0.2, 0.25) is 5.02 Å². The highest BCUT2D eigenvalue weighted by Gasteiger charge is 2.39. The smallest absolute Gasteiger partial charge is 0.432 e. The Morgan fingerprint density at radius 3 is 2.59 bits per heavy atom. The summed E-state index contributed by atoms with van der Waals surface area (Å²) in [4.78, 5) is 12.7. The van der Waals surface area contributed by atoms with E-state index in [0.29, 0.717) is 16.8 Å². The molecule has 1 aliphatic rings. The van der Waals surface area contributed by atoms with Gasteiger partial charge >= 0.3 is 6.18 Å². The number of carbonyl (C=O) groups excluding carboxylic acids is 1. The molecular formula is C22H21Cl2F3N2O2S. The van der Waals surface area contributed by atoms with Gasteiger partial charge in [-0.25, -0.2) is 0 Å². The van der Waals surface area contributed by atoms with Crippen molar-refractivity contribution in [3.8, 4) is 0 Å². The van der Waals surface area contributed by atoms with Gasteiger partial charge in [0.05, 0.1) is 23.6 Å². The molecule has 10 heteroatoms. The topological polar surface area (TPSA) is 62.2 Å². The van der Waals surface area contributed by atoms with Crippen LogP contribution in [0.25, 0.3) is 0 Å². The summed E-state index contributed by atoms with van der Waals surface area (Å²) >= 11 is 13.1. The normalized spacial score (nSPS) is 17.7. The molecule has 0 bridgehead atoms. The quantitative estimate of drug-likeness (QED) is 0.146. The lowest BCUT2D eigenvalue weighted by Crippen LogP contribution is -2.30. The van der Waals surface area contributed by atoms with Crippen LogP contribution in [0.3, 0.4) is 0 Å². The Hall–Kier alpha value is -2.16. The van der Waals surface area contributed by atoms with Gasteiger partial charge in [0.2, 0.25) is 5.12 Å². The Bertz CT molecular complexity index is 1000. The molecule has 0 saturated carbocycles. The Morgan fingerprint density at radius 1 is 1.38 bits per heavy atom. The lowest BCUT2D eigenvalue weighted by atomic mass is 10.00. The molecule has 0 heterocycles. The first-order valence-electron chi connectivity index (χ1n) is 9.32. The van der Waals surface area contributed by atoms with E-state index in [0.717, 1.165) is 18.9 Å². The molecule has 0 aliphatic heterocycles. The number of hydrogen-bond acceptors (Lipinski definition) is 5. The van der Waals surface area contributed by atoms with E-state index in [9.17, 15) is 18.0 Å². The first kappa shape index (κ1) is 26.1. The van der Waals surface area contributed by atoms with Gasteiger partial charge in [0.1, 0.15) is 11.5 Å². The molecule has 0 amide bonds. The zero-order chi connectivity index (χ0) is 23.9. The molecule has 1 atom stereocenters. The number of nitrogens with one attached hydrogen (secondary N) is 2. The molecule has 4 nitrogen and oxygen atoms in total. The highest BCUT2D eigenvalue weighted by molar-refractivity contribution is 8.13. The van der Waals surface area contributed by atoms with E-state index in [1.807, 2.05) is 0 Å². The Labute approximate surface area is 198 Å². The fourth-order valence-corrected chi connectivity index (χ4v) is 3.89. The number of rotatable bonds is 8. The number of methoxy groups -OCH3 is 1. The maximum Gasteiger partial charge on any atom is 0.432 e. The molecule has 2 rings (SSSR count). The lowest BCUT2D eigenvalue weighted by molar-refractivity contribution is -0.108. The zero-order valence-electron chi connectivity index (χ0n) is 17.2. The minimum absolute atomic E-state index is 0.0390. The van der Waals surface area contributed by atoms with Crippen LogP contribution in [-0.2, 0) is 16.0 Å². The van der Waals surface area contributed by atoms with Crippen LogP contribution in [0, 0.1) is 5.41 Å². The van der Waals surface area contributed by atoms with Gasteiger partial charge in [-0.05, 0) is 24.0 Å². The van der Waals surface area contributed by atoms with E-state index in [1.165, 1.54) is 12.3 Å². The monoisotopic (exact) mass is 504 g/mol. The summed E-state index contributed by atoms with van der Waals surface area (Å²) in [6.07, 6.45) is 1.92. The average Bonchev–Trinajstić information content (AvgIpc) is 2.75. The van der Waals surface area contributed by atoms with Crippen LogP contribution in [0.1, 0.15) is 12.0 Å². The zero-order valence-corrected chi connectivity index (χ0v) is 19.6. The molecule has 1 aromatic carbocycles. The van der Waals surface area contributed by atoms with Crippen LogP contribution in [0.15, 0.2) is 70.8 Å². The molecule has 1 aromatic rings. The summed E-state index contributed by atoms with van der Waals surface area (Å²) in [5.41, 5.74) is -1.11. The molecule has 1 unspecified atom stereocenters. The van der Waals surface area contributed by atoms with Gasteiger partial charge in [-0.1, -0.05) is 53.7 Å². The van der Waals surface area contributed by atoms with Crippen LogP contribution in [0.5, 0.6) is 0 Å². The van der Waals surface area contributed by atoms with Crippen molar-refractivity contribution in [1.29, 1.82) is 5.41 Å². The Kier molecular flexibility index (Phi) is 9.48. The molecule has 0 aromatic heterocycles. The third-order valence-electron chi connectivity index (χ3n) is 4.49. The van der Waals surface area contributed by atoms with Crippen molar-refractivity contribution in [3.05, 3.63) is 81.4 Å². The summed E-state index contributed by atoms with van der Waals surface area (Å²) in [6.45, 7) is 0. The molecule has 32 heavy (non-hydrogen) atoms. The number of allylic oxidation sites excluding steroid dienone is 6. The summed E-state index contributed by atoms with van der Waals surface area (Å²) in [5.74, 6) is -0.353. The molecular weight excluding hydrogens is 484 g/mol. The van der Waals surface area contributed by atoms with Gasteiger partial charge < -0.3 is 15.5 Å². The average molecular weight is 505 g/mol. The third-order valence-corrected chi connectivity index (χ3v) is 5.78. The first-order valence-corrected chi connectivity index (χ1v) is 11.4.